The second-order valence-electron chi connectivity index (χ2n) is 35.8. The van der Waals surface area contributed by atoms with Crippen LogP contribution in [0.2, 0.25) is 26.2 Å². The van der Waals surface area contributed by atoms with Gasteiger partial charge in [0.1, 0.15) is 23.1 Å². The van der Waals surface area contributed by atoms with Crippen LogP contribution in [0.1, 0.15) is 479 Å². The van der Waals surface area contributed by atoms with E-state index in [1.54, 1.807) is 0 Å². The van der Waals surface area contributed by atoms with Gasteiger partial charge in [0, 0.05) is 39.6 Å². The zero-order valence-corrected chi connectivity index (χ0v) is 84.6. The Morgan fingerprint density at radius 3 is 0.771 bits per heavy atom. The second kappa shape index (κ2) is 95.8. The molecule has 0 saturated carbocycles. The van der Waals surface area contributed by atoms with Gasteiger partial charge in [-0.2, -0.15) is 0 Å². The zero-order chi connectivity index (χ0) is 86.7. The van der Waals surface area contributed by atoms with E-state index in [0.29, 0.717) is 13.2 Å². The second-order valence-corrected chi connectivity index (χ2v) is 45.0. The molecule has 18 heteroatoms. The van der Waals surface area contributed by atoms with Crippen molar-refractivity contribution in [3.8, 4) is 0 Å². The van der Waals surface area contributed by atoms with Gasteiger partial charge in [-0.25, -0.2) is 0 Å². The summed E-state index contributed by atoms with van der Waals surface area (Å²) in [5, 5.41) is 18.8. The number of ether oxygens (including phenoxy) is 4. The summed E-state index contributed by atoms with van der Waals surface area (Å²) in [4.78, 5) is 31.1. The number of carbonyl (C=O) groups excluding carboxylic acids is 2. The topological polar surface area (TPSA) is 155 Å². The third-order valence-electron chi connectivity index (χ3n) is 22.9. The van der Waals surface area contributed by atoms with E-state index in [1.807, 2.05) is 23.5 Å². The van der Waals surface area contributed by atoms with E-state index in [2.05, 4.69) is 91.4 Å². The Morgan fingerprint density at radius 1 is 0.263 bits per heavy atom. The average Bonchev–Trinajstić information content (AvgIpc) is 0.903. The molecule has 0 aromatic rings. The molecule has 0 heterocycles. The van der Waals surface area contributed by atoms with Crippen LogP contribution in [0.3, 0.4) is 0 Å². The summed E-state index contributed by atoms with van der Waals surface area (Å²) in [5.74, 6) is 2.18. The van der Waals surface area contributed by atoms with Gasteiger partial charge >= 0.3 is 29.1 Å². The van der Waals surface area contributed by atoms with Gasteiger partial charge in [-0.3, -0.25) is 9.59 Å². The molecule has 0 saturated heterocycles. The van der Waals surface area contributed by atoms with Crippen molar-refractivity contribution in [1.29, 1.82) is 0 Å². The molecule has 708 valence electrons. The predicted molar refractivity (Wildman–Crippen MR) is 520 cm³/mol. The molecule has 0 aliphatic carbocycles. The summed E-state index contributed by atoms with van der Waals surface area (Å²) in [7, 11) is -4.54. The minimum Gasteiger partial charge on any atom is -0.465 e. The van der Waals surface area contributed by atoms with Gasteiger partial charge in [0.2, 0.25) is 0 Å². The number of nitrogens with zero attached hydrogens (tertiary/aromatic N) is 2. The number of aliphatic hydroxyl groups excluding tert-OH is 2. The maximum absolute atomic E-state index is 13.0. The highest BCUT2D eigenvalue weighted by molar-refractivity contribution is 8.00. The van der Waals surface area contributed by atoms with Gasteiger partial charge in [-0.1, -0.05) is 338 Å². The quantitative estimate of drug-likeness (QED) is 0.0257. The van der Waals surface area contributed by atoms with Gasteiger partial charge in [-0.15, -0.1) is 23.5 Å². The van der Waals surface area contributed by atoms with E-state index in [-0.39, 0.29) is 48.2 Å². The fraction of sp³-hybridized carbons (Fsp3) is 0.980. The molecular formula is C100H206N2O12S2Si2. The van der Waals surface area contributed by atoms with Gasteiger partial charge in [0.25, 0.3) is 0 Å². The summed E-state index contributed by atoms with van der Waals surface area (Å²) in [6.45, 7) is 38.1. The molecule has 118 heavy (non-hydrogen) atoms. The van der Waals surface area contributed by atoms with E-state index < -0.39 is 17.1 Å². The summed E-state index contributed by atoms with van der Waals surface area (Å²) >= 11 is 3.67. The lowest BCUT2D eigenvalue weighted by atomic mass is 10.1. The molecular weight excluding hydrogens is 1540 g/mol. The third kappa shape index (κ3) is 87.7. The van der Waals surface area contributed by atoms with Crippen LogP contribution in [0.15, 0.2) is 0 Å². The molecule has 0 fully saturated rings. The minimum atomic E-state index is -2.27. The molecule has 0 aliphatic heterocycles. The van der Waals surface area contributed by atoms with Crippen LogP contribution in [0.4, 0.5) is 0 Å². The number of carbonyl (C=O) groups is 2. The van der Waals surface area contributed by atoms with Crippen LogP contribution in [0, 0.1) is 0 Å². The molecule has 0 amide bonds. The monoisotopic (exact) mass is 1750 g/mol. The number of rotatable bonds is 98. The van der Waals surface area contributed by atoms with E-state index >= 15 is 0 Å². The standard InChI is InChI=1S/2C50H103NO6SSi/c2*1-7-11-15-18-21-22-27-37-47-58-48(38-14-10-4)50(53)55-45-35-26-23-30-40-51(42-32-33-43-52)41-31-28-29-39-49(54-44-34-24-19-16-12-8-2)57-59(5,6)56-46-36-25-20-17-13-9-3/h2*48-49,52H,7-47H2,1-6H3. The van der Waals surface area contributed by atoms with Crippen LogP contribution in [0.25, 0.3) is 0 Å². The van der Waals surface area contributed by atoms with E-state index in [1.165, 1.54) is 270 Å². The Hall–Kier alpha value is -0.326. The average molecular weight is 1750 g/mol. The molecule has 4 unspecified atom stereocenters. The van der Waals surface area contributed by atoms with Crippen molar-refractivity contribution in [2.24, 2.45) is 0 Å². The molecule has 4 atom stereocenters. The molecule has 0 aliphatic rings. The Kier molecular flexibility index (Phi) is 97.2. The van der Waals surface area contributed by atoms with Crippen LogP contribution in [-0.2, 0) is 46.2 Å². The number of hydrogen-bond donors (Lipinski definition) is 2. The Labute approximate surface area is 746 Å². The van der Waals surface area contributed by atoms with Crippen molar-refractivity contribution in [2.45, 2.75) is 528 Å². The lowest BCUT2D eigenvalue weighted by Gasteiger charge is -2.29. The first-order valence-corrected chi connectivity index (χ1v) is 59.5. The largest absolute Gasteiger partial charge is 0.465 e. The first kappa shape index (κ1) is 120. The van der Waals surface area contributed by atoms with E-state index in [4.69, 9.17) is 36.7 Å². The Balaban J connectivity index is 0. The van der Waals surface area contributed by atoms with Crippen LogP contribution < -0.4 is 0 Å². The maximum atomic E-state index is 13.0. The van der Waals surface area contributed by atoms with Gasteiger partial charge in [-0.05, 0) is 218 Å². The highest BCUT2D eigenvalue weighted by Gasteiger charge is 2.31. The molecule has 2 N–H and O–H groups in total. The van der Waals surface area contributed by atoms with E-state index in [9.17, 15) is 19.8 Å². The van der Waals surface area contributed by atoms with Crippen LogP contribution in [0.5, 0.6) is 0 Å². The number of esters is 2. The van der Waals surface area contributed by atoms with Crippen LogP contribution >= 0.6 is 23.5 Å². The molecule has 0 aromatic heterocycles. The highest BCUT2D eigenvalue weighted by Crippen LogP contribution is 2.26. The molecule has 0 aromatic carbocycles. The van der Waals surface area contributed by atoms with Crippen molar-refractivity contribution in [3.63, 3.8) is 0 Å². The zero-order valence-electron chi connectivity index (χ0n) is 81.0. The summed E-state index contributed by atoms with van der Waals surface area (Å²) in [6.07, 6.45) is 79.0. The first-order chi connectivity index (χ1) is 57.7. The van der Waals surface area contributed by atoms with Crippen molar-refractivity contribution in [3.05, 3.63) is 0 Å². The number of unbranched alkanes of at least 4 members (excludes halogenated alkanes) is 48. The number of thioether (sulfide) groups is 2. The van der Waals surface area contributed by atoms with Crippen molar-refractivity contribution in [2.75, 3.05) is 104 Å². The SMILES string of the molecule is CCCCCCCCCCSC(CCCC)C(=O)OCCCCCCN(CCCCO)CCCCCC(OCCCCCCCC)O[Si](C)(C)OCCCCCCCC.CCCCCCCCCCSC(CCCC)C(=O)OCCCCCCN(CCCCO)CCCCCC(OCCCCCCCC)O[Si](C)(C)OCCCCCCCC. The van der Waals surface area contributed by atoms with Gasteiger partial charge in [0.15, 0.2) is 0 Å². The van der Waals surface area contributed by atoms with Crippen molar-refractivity contribution < 1.29 is 56.5 Å². The smallest absolute Gasteiger partial charge is 0.333 e. The molecule has 14 nitrogen and oxygen atoms in total. The molecule has 0 bridgehead atoms. The summed E-state index contributed by atoms with van der Waals surface area (Å²) in [6, 6.07) is 0. The van der Waals surface area contributed by atoms with Gasteiger partial charge in [0.05, 0.1) is 13.2 Å². The number of aliphatic hydroxyl groups is 2. The Bertz CT molecular complexity index is 1840. The molecule has 0 radical (unpaired) electrons. The van der Waals surface area contributed by atoms with Crippen molar-refractivity contribution >= 4 is 52.6 Å². The third-order valence-corrected chi connectivity index (χ3v) is 29.1. The van der Waals surface area contributed by atoms with E-state index in [0.717, 1.165) is 231 Å². The molecule has 0 rings (SSSR count). The van der Waals surface area contributed by atoms with Crippen molar-refractivity contribution in [1.82, 2.24) is 9.80 Å². The highest BCUT2D eigenvalue weighted by atomic mass is 32.2. The summed E-state index contributed by atoms with van der Waals surface area (Å²) in [5.41, 5.74) is 0. The first-order valence-electron chi connectivity index (χ1n) is 51.8. The fourth-order valence-electron chi connectivity index (χ4n) is 15.2. The molecule has 0 spiro atoms. The van der Waals surface area contributed by atoms with Gasteiger partial charge < -0.3 is 56.7 Å². The normalized spacial score (nSPS) is 13.1. The lowest BCUT2D eigenvalue weighted by Crippen LogP contribution is -2.40. The maximum Gasteiger partial charge on any atom is 0.333 e. The lowest BCUT2D eigenvalue weighted by molar-refractivity contribution is -0.144. The predicted octanol–water partition coefficient (Wildman–Crippen LogP) is 29.9. The Morgan fingerprint density at radius 2 is 0.492 bits per heavy atom. The fourth-order valence-corrected chi connectivity index (χ4v) is 20.6. The minimum absolute atomic E-state index is 0.00505. The summed E-state index contributed by atoms with van der Waals surface area (Å²) < 4.78 is 50.4. The van der Waals surface area contributed by atoms with Crippen LogP contribution in [-0.4, -0.2) is 176 Å². The number of hydrogen-bond acceptors (Lipinski definition) is 16.